The standard InChI is InChI=1S/C16H27N3/c1-12-6-7-17-9-14(12)10-19-11-15(16(3,4)5)18-8-13(19)2/h6-7,9,13,15,18H,8,10-11H2,1-5H3. The van der Waals surface area contributed by atoms with Crippen LogP contribution in [0.3, 0.4) is 0 Å². The Labute approximate surface area is 117 Å². The first-order valence-corrected chi connectivity index (χ1v) is 7.25. The average molecular weight is 261 g/mol. The molecule has 3 nitrogen and oxygen atoms in total. The van der Waals surface area contributed by atoms with Crippen molar-refractivity contribution in [2.45, 2.75) is 53.2 Å². The van der Waals surface area contributed by atoms with E-state index >= 15 is 0 Å². The van der Waals surface area contributed by atoms with E-state index in [-0.39, 0.29) is 0 Å². The lowest BCUT2D eigenvalue weighted by Gasteiger charge is -2.44. The first-order valence-electron chi connectivity index (χ1n) is 7.25. The van der Waals surface area contributed by atoms with Crippen LogP contribution in [0.5, 0.6) is 0 Å². The summed E-state index contributed by atoms with van der Waals surface area (Å²) in [6, 6.07) is 3.24. The summed E-state index contributed by atoms with van der Waals surface area (Å²) in [6.07, 6.45) is 3.88. The molecule has 1 aliphatic rings. The van der Waals surface area contributed by atoms with Gasteiger partial charge in [0.25, 0.3) is 0 Å². The maximum absolute atomic E-state index is 4.26. The van der Waals surface area contributed by atoms with Crippen molar-refractivity contribution in [2.24, 2.45) is 5.41 Å². The molecule has 1 aromatic rings. The van der Waals surface area contributed by atoms with Crippen molar-refractivity contribution in [1.82, 2.24) is 15.2 Å². The number of nitrogens with zero attached hydrogens (tertiary/aromatic N) is 2. The van der Waals surface area contributed by atoms with Gasteiger partial charge in [-0.05, 0) is 36.5 Å². The lowest BCUT2D eigenvalue weighted by Crippen LogP contribution is -2.59. The molecule has 0 aliphatic carbocycles. The number of pyridine rings is 1. The average Bonchev–Trinajstić information content (AvgIpc) is 2.33. The minimum Gasteiger partial charge on any atom is -0.311 e. The van der Waals surface area contributed by atoms with E-state index < -0.39 is 0 Å². The summed E-state index contributed by atoms with van der Waals surface area (Å²) in [6.45, 7) is 14.6. The van der Waals surface area contributed by atoms with Gasteiger partial charge in [0.15, 0.2) is 0 Å². The molecule has 1 fully saturated rings. The van der Waals surface area contributed by atoms with Gasteiger partial charge in [0.2, 0.25) is 0 Å². The molecule has 0 amide bonds. The van der Waals surface area contributed by atoms with E-state index in [4.69, 9.17) is 0 Å². The van der Waals surface area contributed by atoms with Crippen LogP contribution in [0.2, 0.25) is 0 Å². The minimum atomic E-state index is 0.308. The fourth-order valence-electron chi connectivity index (χ4n) is 2.60. The highest BCUT2D eigenvalue weighted by molar-refractivity contribution is 5.21. The van der Waals surface area contributed by atoms with Crippen molar-refractivity contribution in [3.05, 3.63) is 29.6 Å². The minimum absolute atomic E-state index is 0.308. The Kier molecular flexibility index (Phi) is 4.26. The number of aromatic nitrogens is 1. The second-order valence-electron chi connectivity index (χ2n) is 6.91. The molecule has 0 bridgehead atoms. The first kappa shape index (κ1) is 14.5. The highest BCUT2D eigenvalue weighted by atomic mass is 15.2. The Hall–Kier alpha value is -0.930. The van der Waals surface area contributed by atoms with Crippen LogP contribution in [0.4, 0.5) is 0 Å². The molecule has 2 atom stereocenters. The molecule has 1 aliphatic heterocycles. The Bertz CT molecular complexity index is 422. The molecule has 0 spiro atoms. The zero-order valence-corrected chi connectivity index (χ0v) is 12.9. The summed E-state index contributed by atoms with van der Waals surface area (Å²) in [5, 5.41) is 3.68. The molecule has 2 rings (SSSR count). The number of hydrogen-bond acceptors (Lipinski definition) is 3. The third-order valence-corrected chi connectivity index (χ3v) is 4.27. The fraction of sp³-hybridized carbons (Fsp3) is 0.688. The lowest BCUT2D eigenvalue weighted by atomic mass is 9.84. The van der Waals surface area contributed by atoms with Crippen molar-refractivity contribution in [3.63, 3.8) is 0 Å². The molecule has 2 heterocycles. The molecule has 1 N–H and O–H groups in total. The summed E-state index contributed by atoms with van der Waals surface area (Å²) in [5.74, 6) is 0. The van der Waals surface area contributed by atoms with Gasteiger partial charge in [0, 0.05) is 44.1 Å². The summed E-state index contributed by atoms with van der Waals surface area (Å²) < 4.78 is 0. The molecule has 19 heavy (non-hydrogen) atoms. The van der Waals surface area contributed by atoms with Crippen LogP contribution in [0, 0.1) is 12.3 Å². The van der Waals surface area contributed by atoms with Gasteiger partial charge in [-0.3, -0.25) is 9.88 Å². The van der Waals surface area contributed by atoms with E-state index in [0.29, 0.717) is 17.5 Å². The molecule has 1 saturated heterocycles. The normalized spacial score (nSPS) is 25.5. The van der Waals surface area contributed by atoms with Crippen LogP contribution >= 0.6 is 0 Å². The summed E-state index contributed by atoms with van der Waals surface area (Å²) in [5.41, 5.74) is 3.00. The Morgan fingerprint density at radius 2 is 2.16 bits per heavy atom. The maximum Gasteiger partial charge on any atom is 0.0315 e. The van der Waals surface area contributed by atoms with E-state index in [1.807, 2.05) is 12.4 Å². The molecule has 3 heteroatoms. The number of piperazine rings is 1. The van der Waals surface area contributed by atoms with Crippen LogP contribution in [0.15, 0.2) is 18.5 Å². The van der Waals surface area contributed by atoms with Gasteiger partial charge in [-0.25, -0.2) is 0 Å². The van der Waals surface area contributed by atoms with Crippen molar-refractivity contribution in [2.75, 3.05) is 13.1 Å². The zero-order valence-electron chi connectivity index (χ0n) is 12.9. The molecule has 0 aromatic carbocycles. The van der Waals surface area contributed by atoms with E-state index in [9.17, 15) is 0 Å². The number of hydrogen-bond donors (Lipinski definition) is 1. The maximum atomic E-state index is 4.26. The molecule has 106 valence electrons. The molecule has 0 radical (unpaired) electrons. The molecule has 1 aromatic heterocycles. The largest absolute Gasteiger partial charge is 0.311 e. The summed E-state index contributed by atoms with van der Waals surface area (Å²) in [4.78, 5) is 6.84. The number of nitrogens with one attached hydrogen (secondary N) is 1. The highest BCUT2D eigenvalue weighted by Crippen LogP contribution is 2.24. The molecule has 0 saturated carbocycles. The van der Waals surface area contributed by atoms with Gasteiger partial charge in [0.05, 0.1) is 0 Å². The van der Waals surface area contributed by atoms with Gasteiger partial charge >= 0.3 is 0 Å². The van der Waals surface area contributed by atoms with Crippen molar-refractivity contribution < 1.29 is 0 Å². The fourth-order valence-corrected chi connectivity index (χ4v) is 2.60. The molecule has 2 unspecified atom stereocenters. The van der Waals surface area contributed by atoms with E-state index in [2.05, 4.69) is 55.9 Å². The van der Waals surface area contributed by atoms with Gasteiger partial charge in [-0.2, -0.15) is 0 Å². The first-order chi connectivity index (χ1) is 8.88. The third-order valence-electron chi connectivity index (χ3n) is 4.27. The Morgan fingerprint density at radius 1 is 1.42 bits per heavy atom. The van der Waals surface area contributed by atoms with Crippen molar-refractivity contribution in [3.8, 4) is 0 Å². The quantitative estimate of drug-likeness (QED) is 0.887. The van der Waals surface area contributed by atoms with Crippen LogP contribution in [-0.4, -0.2) is 35.1 Å². The SMILES string of the molecule is Cc1ccncc1CN1CC(C(C)(C)C)NCC1C. The number of aryl methyl sites for hydroxylation is 1. The topological polar surface area (TPSA) is 28.2 Å². The van der Waals surface area contributed by atoms with E-state index in [0.717, 1.165) is 19.6 Å². The lowest BCUT2D eigenvalue weighted by molar-refractivity contribution is 0.0875. The third kappa shape index (κ3) is 3.54. The Balaban J connectivity index is 2.08. The highest BCUT2D eigenvalue weighted by Gasteiger charge is 2.32. The second kappa shape index (κ2) is 5.59. The zero-order chi connectivity index (χ0) is 14.0. The van der Waals surface area contributed by atoms with Crippen LogP contribution in [0.25, 0.3) is 0 Å². The summed E-state index contributed by atoms with van der Waals surface area (Å²) >= 11 is 0. The van der Waals surface area contributed by atoms with Gasteiger partial charge < -0.3 is 5.32 Å². The predicted molar refractivity (Wildman–Crippen MR) is 80.1 cm³/mol. The van der Waals surface area contributed by atoms with Crippen molar-refractivity contribution >= 4 is 0 Å². The van der Waals surface area contributed by atoms with E-state index in [1.165, 1.54) is 11.1 Å². The van der Waals surface area contributed by atoms with Gasteiger partial charge in [-0.1, -0.05) is 20.8 Å². The smallest absolute Gasteiger partial charge is 0.0315 e. The predicted octanol–water partition coefficient (Wildman–Crippen LogP) is 2.60. The number of rotatable bonds is 2. The second-order valence-corrected chi connectivity index (χ2v) is 6.91. The van der Waals surface area contributed by atoms with Crippen LogP contribution in [-0.2, 0) is 6.54 Å². The Morgan fingerprint density at radius 3 is 2.79 bits per heavy atom. The molecular formula is C16H27N3. The van der Waals surface area contributed by atoms with Crippen LogP contribution in [0.1, 0.15) is 38.8 Å². The molecular weight excluding hydrogens is 234 g/mol. The van der Waals surface area contributed by atoms with Crippen molar-refractivity contribution in [1.29, 1.82) is 0 Å². The van der Waals surface area contributed by atoms with Crippen LogP contribution < -0.4 is 5.32 Å². The van der Waals surface area contributed by atoms with Gasteiger partial charge in [0.1, 0.15) is 0 Å². The van der Waals surface area contributed by atoms with E-state index in [1.54, 1.807) is 0 Å². The van der Waals surface area contributed by atoms with Gasteiger partial charge in [-0.15, -0.1) is 0 Å². The monoisotopic (exact) mass is 261 g/mol. The summed E-state index contributed by atoms with van der Waals surface area (Å²) in [7, 11) is 0.